The van der Waals surface area contributed by atoms with Crippen molar-refractivity contribution in [3.63, 3.8) is 0 Å². The minimum atomic E-state index is -0.733. The summed E-state index contributed by atoms with van der Waals surface area (Å²) in [5, 5.41) is 11.8. The zero-order valence-corrected chi connectivity index (χ0v) is 15.3. The monoisotopic (exact) mass is 355 g/mol. The quantitative estimate of drug-likeness (QED) is 0.650. The Morgan fingerprint density at radius 1 is 1.23 bits per heavy atom. The molecule has 2 unspecified atom stereocenters. The van der Waals surface area contributed by atoms with Gasteiger partial charge < -0.3 is 10.1 Å². The maximum atomic E-state index is 13.0. The second-order valence-electron chi connectivity index (χ2n) is 7.33. The van der Waals surface area contributed by atoms with Crippen LogP contribution in [-0.4, -0.2) is 35.5 Å². The van der Waals surface area contributed by atoms with Gasteiger partial charge in [-0.3, -0.25) is 9.69 Å². The van der Waals surface area contributed by atoms with Gasteiger partial charge in [0.15, 0.2) is 0 Å². The van der Waals surface area contributed by atoms with Crippen molar-refractivity contribution < 1.29 is 14.3 Å². The van der Waals surface area contributed by atoms with Gasteiger partial charge in [0.1, 0.15) is 11.3 Å². The maximum absolute atomic E-state index is 13.0. The van der Waals surface area contributed by atoms with Gasteiger partial charge in [0.2, 0.25) is 0 Å². The Labute approximate surface area is 154 Å². The molecule has 2 aliphatic rings. The highest BCUT2D eigenvalue weighted by atomic mass is 16.5. The second kappa shape index (κ2) is 7.36. The summed E-state index contributed by atoms with van der Waals surface area (Å²) in [5.74, 6) is 0.901. The molecule has 0 bridgehead atoms. The Kier molecular flexibility index (Phi) is 5.17. The number of nitrogens with one attached hydrogen (secondary N) is 1. The zero-order chi connectivity index (χ0) is 18.7. The van der Waals surface area contributed by atoms with Gasteiger partial charge >= 0.3 is 6.03 Å². The molecule has 1 aliphatic carbocycles. The average molecular weight is 355 g/mol. The maximum Gasteiger partial charge on any atom is 0.325 e. The van der Waals surface area contributed by atoms with E-state index in [1.54, 1.807) is 24.3 Å². The fourth-order valence-electron chi connectivity index (χ4n) is 4.19. The number of nitriles is 1. The molecule has 1 heterocycles. The number of carbonyl (C=O) groups excluding carboxylic acids is 2. The van der Waals surface area contributed by atoms with Gasteiger partial charge in [0.05, 0.1) is 18.2 Å². The summed E-state index contributed by atoms with van der Waals surface area (Å²) < 4.78 is 5.64. The van der Waals surface area contributed by atoms with Gasteiger partial charge in [-0.25, -0.2) is 4.79 Å². The van der Waals surface area contributed by atoms with Crippen LogP contribution in [0.15, 0.2) is 24.3 Å². The molecule has 1 saturated heterocycles. The molecule has 2 atom stereocenters. The van der Waals surface area contributed by atoms with Crippen molar-refractivity contribution in [3.8, 4) is 11.8 Å². The predicted molar refractivity (Wildman–Crippen MR) is 96.4 cm³/mol. The fourth-order valence-corrected chi connectivity index (χ4v) is 4.19. The summed E-state index contributed by atoms with van der Waals surface area (Å²) in [4.78, 5) is 26.8. The van der Waals surface area contributed by atoms with E-state index >= 15 is 0 Å². The van der Waals surface area contributed by atoms with E-state index in [1.807, 2.05) is 0 Å². The third-order valence-corrected chi connectivity index (χ3v) is 5.77. The first-order chi connectivity index (χ1) is 12.5. The molecular formula is C20H25N3O3. The average Bonchev–Trinajstić information content (AvgIpc) is 2.89. The van der Waals surface area contributed by atoms with Crippen LogP contribution in [0.3, 0.4) is 0 Å². The van der Waals surface area contributed by atoms with Crippen LogP contribution in [0.25, 0.3) is 0 Å². The van der Waals surface area contributed by atoms with Crippen LogP contribution in [0.2, 0.25) is 0 Å². The standard InChI is InChI=1S/C20H25N3O3/c1-14-5-3-6-15(2)20(14)18(24)23(19(25)22-20)11-4-12-26-17-9-7-16(13-21)8-10-17/h7-10,14-15H,3-6,11-12H2,1-2H3,(H,22,25). The molecular weight excluding hydrogens is 330 g/mol. The first-order valence-corrected chi connectivity index (χ1v) is 9.26. The Bertz CT molecular complexity index is 713. The van der Waals surface area contributed by atoms with Crippen LogP contribution >= 0.6 is 0 Å². The molecule has 0 aromatic heterocycles. The summed E-state index contributed by atoms with van der Waals surface area (Å²) >= 11 is 0. The van der Waals surface area contributed by atoms with Crippen molar-refractivity contribution >= 4 is 11.9 Å². The van der Waals surface area contributed by atoms with E-state index in [9.17, 15) is 9.59 Å². The summed E-state index contributed by atoms with van der Waals surface area (Å²) in [7, 11) is 0. The minimum absolute atomic E-state index is 0.0828. The fraction of sp³-hybridized carbons (Fsp3) is 0.550. The number of urea groups is 1. The lowest BCUT2D eigenvalue weighted by Crippen LogP contribution is -2.58. The van der Waals surface area contributed by atoms with Crippen molar-refractivity contribution in [1.29, 1.82) is 5.26 Å². The Hall–Kier alpha value is -2.55. The smallest absolute Gasteiger partial charge is 0.325 e. The van der Waals surface area contributed by atoms with Crippen LogP contribution < -0.4 is 10.1 Å². The number of hydrogen-bond acceptors (Lipinski definition) is 4. The van der Waals surface area contributed by atoms with Gasteiger partial charge in [0.25, 0.3) is 5.91 Å². The zero-order valence-electron chi connectivity index (χ0n) is 15.3. The number of nitrogens with zero attached hydrogens (tertiary/aromatic N) is 2. The van der Waals surface area contributed by atoms with Crippen LogP contribution in [0, 0.1) is 23.2 Å². The number of hydrogen-bond donors (Lipinski definition) is 1. The topological polar surface area (TPSA) is 82.4 Å². The summed E-state index contributed by atoms with van der Waals surface area (Å²) in [6.07, 6.45) is 3.60. The Morgan fingerprint density at radius 3 is 2.50 bits per heavy atom. The first-order valence-electron chi connectivity index (χ1n) is 9.26. The highest BCUT2D eigenvalue weighted by Crippen LogP contribution is 2.42. The molecule has 138 valence electrons. The van der Waals surface area contributed by atoms with Crippen molar-refractivity contribution in [2.45, 2.75) is 45.1 Å². The van der Waals surface area contributed by atoms with Gasteiger partial charge in [-0.2, -0.15) is 5.26 Å². The molecule has 1 N–H and O–H groups in total. The van der Waals surface area contributed by atoms with E-state index < -0.39 is 5.54 Å². The predicted octanol–water partition coefficient (Wildman–Crippen LogP) is 3.07. The molecule has 1 saturated carbocycles. The molecule has 1 aromatic carbocycles. The third-order valence-electron chi connectivity index (χ3n) is 5.77. The van der Waals surface area contributed by atoms with Crippen molar-refractivity contribution in [2.24, 2.45) is 11.8 Å². The van der Waals surface area contributed by atoms with Crippen LogP contribution in [0.5, 0.6) is 5.75 Å². The summed E-state index contributed by atoms with van der Waals surface area (Å²) in [5.41, 5.74) is -0.152. The molecule has 1 aromatic rings. The van der Waals surface area contributed by atoms with Crippen molar-refractivity contribution in [2.75, 3.05) is 13.2 Å². The van der Waals surface area contributed by atoms with Gasteiger partial charge in [-0.15, -0.1) is 0 Å². The number of amides is 3. The Balaban J connectivity index is 1.56. The van der Waals surface area contributed by atoms with Gasteiger partial charge in [-0.05, 0) is 55.4 Å². The molecule has 6 heteroatoms. The molecule has 26 heavy (non-hydrogen) atoms. The van der Waals surface area contributed by atoms with Crippen LogP contribution in [-0.2, 0) is 4.79 Å². The molecule has 1 aliphatic heterocycles. The Morgan fingerprint density at radius 2 is 1.88 bits per heavy atom. The number of rotatable bonds is 5. The molecule has 1 spiro atoms. The lowest BCUT2D eigenvalue weighted by Gasteiger charge is -2.42. The number of carbonyl (C=O) groups is 2. The van der Waals surface area contributed by atoms with E-state index in [1.165, 1.54) is 4.90 Å². The first kappa shape index (κ1) is 18.2. The van der Waals surface area contributed by atoms with E-state index in [4.69, 9.17) is 10.00 Å². The second-order valence-corrected chi connectivity index (χ2v) is 7.33. The normalized spacial score (nSPS) is 28.1. The SMILES string of the molecule is CC1CCCC(C)C12NC(=O)N(CCCOc1ccc(C#N)cc1)C2=O. The summed E-state index contributed by atoms with van der Waals surface area (Å²) in [6.45, 7) is 4.87. The largest absolute Gasteiger partial charge is 0.494 e. The number of imide groups is 1. The lowest BCUT2D eigenvalue weighted by atomic mass is 9.67. The van der Waals surface area contributed by atoms with Crippen molar-refractivity contribution in [1.82, 2.24) is 10.2 Å². The number of ether oxygens (including phenoxy) is 1. The molecule has 3 amide bonds. The van der Waals surface area contributed by atoms with E-state index in [-0.39, 0.29) is 23.8 Å². The lowest BCUT2D eigenvalue weighted by molar-refractivity contribution is -0.136. The third kappa shape index (κ3) is 3.14. The van der Waals surface area contributed by atoms with Crippen molar-refractivity contribution in [3.05, 3.63) is 29.8 Å². The number of benzene rings is 1. The molecule has 3 rings (SSSR count). The molecule has 2 fully saturated rings. The summed E-state index contributed by atoms with van der Waals surface area (Å²) in [6, 6.07) is 8.66. The molecule has 6 nitrogen and oxygen atoms in total. The highest BCUT2D eigenvalue weighted by Gasteiger charge is 2.58. The van der Waals surface area contributed by atoms with Gasteiger partial charge in [-0.1, -0.05) is 20.3 Å². The van der Waals surface area contributed by atoms with Crippen LogP contribution in [0.4, 0.5) is 4.79 Å². The minimum Gasteiger partial charge on any atom is -0.494 e. The van der Waals surface area contributed by atoms with E-state index in [2.05, 4.69) is 25.2 Å². The van der Waals surface area contributed by atoms with E-state index in [0.717, 1.165) is 19.3 Å². The van der Waals surface area contributed by atoms with E-state index in [0.29, 0.717) is 30.9 Å². The van der Waals surface area contributed by atoms with Gasteiger partial charge in [0, 0.05) is 6.54 Å². The molecule has 0 radical (unpaired) electrons. The van der Waals surface area contributed by atoms with Crippen LogP contribution in [0.1, 0.15) is 45.1 Å². The highest BCUT2D eigenvalue weighted by molar-refractivity contribution is 6.07.